The molecule has 1 amide bonds. The maximum absolute atomic E-state index is 12.8. The largest absolute Gasteiger partial charge is 0.492 e. The number of nitrogens with zero attached hydrogens (tertiary/aromatic N) is 2. The number of hydrogen-bond donors (Lipinski definition) is 1. The summed E-state index contributed by atoms with van der Waals surface area (Å²) in [6.07, 6.45) is 5.17. The molecule has 1 aliphatic carbocycles. The number of anilines is 1. The molecular weight excluding hydrogens is 290 g/mol. The fourth-order valence-electron chi connectivity index (χ4n) is 3.26. The Morgan fingerprint density at radius 2 is 2.26 bits per heavy atom. The number of fused-ring (bicyclic) bond motifs is 1. The van der Waals surface area contributed by atoms with Gasteiger partial charge < -0.3 is 10.1 Å². The number of benzene rings is 1. The van der Waals surface area contributed by atoms with Gasteiger partial charge in [-0.3, -0.25) is 4.79 Å². The van der Waals surface area contributed by atoms with E-state index in [1.807, 2.05) is 36.0 Å². The first-order chi connectivity index (χ1) is 11.1. The van der Waals surface area contributed by atoms with E-state index in [0.29, 0.717) is 24.1 Å². The third-order valence-corrected chi connectivity index (χ3v) is 4.86. The van der Waals surface area contributed by atoms with Crippen LogP contribution in [0.5, 0.6) is 5.75 Å². The monoisotopic (exact) mass is 311 g/mol. The molecular formula is C18H21N3O2. The smallest absolute Gasteiger partial charge is 0.260 e. The second kappa shape index (κ2) is 5.41. The molecule has 2 aliphatic rings. The molecule has 5 nitrogen and oxygen atoms in total. The van der Waals surface area contributed by atoms with Crippen molar-refractivity contribution < 1.29 is 9.53 Å². The van der Waals surface area contributed by atoms with E-state index in [-0.39, 0.29) is 5.91 Å². The number of carbonyl (C=O) groups excluding carboxylic acids is 1. The summed E-state index contributed by atoms with van der Waals surface area (Å²) in [5, 5.41) is 7.52. The van der Waals surface area contributed by atoms with Crippen LogP contribution in [0, 0.1) is 12.8 Å². The van der Waals surface area contributed by atoms with Crippen LogP contribution in [0.2, 0.25) is 0 Å². The highest BCUT2D eigenvalue weighted by Crippen LogP contribution is 2.40. The Kier molecular flexibility index (Phi) is 3.36. The van der Waals surface area contributed by atoms with Gasteiger partial charge in [0.25, 0.3) is 5.91 Å². The predicted molar refractivity (Wildman–Crippen MR) is 88.0 cm³/mol. The van der Waals surface area contributed by atoms with E-state index in [1.54, 1.807) is 0 Å². The Morgan fingerprint density at radius 3 is 3.04 bits per heavy atom. The van der Waals surface area contributed by atoms with E-state index in [9.17, 15) is 4.79 Å². The molecule has 120 valence electrons. The molecule has 1 fully saturated rings. The second-order valence-electron chi connectivity index (χ2n) is 6.55. The van der Waals surface area contributed by atoms with Gasteiger partial charge in [0.2, 0.25) is 0 Å². The number of hydrogen-bond acceptors (Lipinski definition) is 3. The molecule has 1 aliphatic heterocycles. The number of carbonyl (C=O) groups is 1. The Bertz CT molecular complexity index is 762. The van der Waals surface area contributed by atoms with E-state index in [2.05, 4.69) is 17.3 Å². The number of aryl methyl sites for hydroxylation is 1. The standard InChI is InChI=1S/C18H21N3O2/c1-11-10-19-21(12(2)13-6-7-13)17(11)20-18(22)15-5-3-4-14-8-9-23-16(14)15/h3-5,10,12-13H,6-9H2,1-2H3,(H,20,22)/t12-/m0/s1. The van der Waals surface area contributed by atoms with Crippen LogP contribution in [-0.2, 0) is 6.42 Å². The van der Waals surface area contributed by atoms with Gasteiger partial charge in [-0.25, -0.2) is 4.68 Å². The maximum Gasteiger partial charge on any atom is 0.260 e. The van der Waals surface area contributed by atoms with Crippen molar-refractivity contribution in [1.29, 1.82) is 0 Å². The van der Waals surface area contributed by atoms with Gasteiger partial charge in [-0.1, -0.05) is 12.1 Å². The Balaban J connectivity index is 1.62. The molecule has 2 heterocycles. The highest BCUT2D eigenvalue weighted by Gasteiger charge is 2.31. The zero-order chi connectivity index (χ0) is 16.0. The first-order valence-corrected chi connectivity index (χ1v) is 8.25. The maximum atomic E-state index is 12.8. The average Bonchev–Trinajstić information content (AvgIpc) is 3.19. The summed E-state index contributed by atoms with van der Waals surface area (Å²) in [5.74, 6) is 2.07. The minimum absolute atomic E-state index is 0.128. The van der Waals surface area contributed by atoms with E-state index in [4.69, 9.17) is 4.74 Å². The van der Waals surface area contributed by atoms with Gasteiger partial charge >= 0.3 is 0 Å². The van der Waals surface area contributed by atoms with E-state index >= 15 is 0 Å². The minimum Gasteiger partial charge on any atom is -0.492 e. The van der Waals surface area contributed by atoms with Crippen molar-refractivity contribution >= 4 is 11.7 Å². The van der Waals surface area contributed by atoms with Crippen molar-refractivity contribution in [1.82, 2.24) is 9.78 Å². The molecule has 0 unspecified atom stereocenters. The zero-order valence-electron chi connectivity index (χ0n) is 13.5. The van der Waals surface area contributed by atoms with Crippen molar-refractivity contribution in [3.63, 3.8) is 0 Å². The third kappa shape index (κ3) is 2.50. The molecule has 2 aromatic rings. The summed E-state index contributed by atoms with van der Waals surface area (Å²) in [6, 6.07) is 6.07. The lowest BCUT2D eigenvalue weighted by Crippen LogP contribution is -2.19. The van der Waals surface area contributed by atoms with Crippen LogP contribution in [0.1, 0.15) is 47.3 Å². The van der Waals surface area contributed by atoms with Crippen molar-refractivity contribution in [2.45, 2.75) is 39.2 Å². The summed E-state index contributed by atoms with van der Waals surface area (Å²) in [5.41, 5.74) is 2.69. The summed E-state index contributed by atoms with van der Waals surface area (Å²) < 4.78 is 7.60. The molecule has 0 bridgehead atoms. The summed E-state index contributed by atoms with van der Waals surface area (Å²) in [6.45, 7) is 4.79. The SMILES string of the molecule is Cc1cnn([C@@H](C)C2CC2)c1NC(=O)c1cccc2c1OCC2. The summed E-state index contributed by atoms with van der Waals surface area (Å²) in [4.78, 5) is 12.8. The highest BCUT2D eigenvalue weighted by atomic mass is 16.5. The van der Waals surface area contributed by atoms with Crippen LogP contribution in [0.3, 0.4) is 0 Å². The van der Waals surface area contributed by atoms with Crippen LogP contribution in [0.25, 0.3) is 0 Å². The number of aromatic nitrogens is 2. The molecule has 1 N–H and O–H groups in total. The molecule has 1 aromatic heterocycles. The van der Waals surface area contributed by atoms with Gasteiger partial charge in [-0.15, -0.1) is 0 Å². The number of rotatable bonds is 4. The van der Waals surface area contributed by atoms with E-state index < -0.39 is 0 Å². The molecule has 1 aromatic carbocycles. The van der Waals surface area contributed by atoms with Gasteiger partial charge in [0.1, 0.15) is 11.6 Å². The van der Waals surface area contributed by atoms with Gasteiger partial charge in [-0.05, 0) is 44.2 Å². The summed E-state index contributed by atoms with van der Waals surface area (Å²) >= 11 is 0. The summed E-state index contributed by atoms with van der Waals surface area (Å²) in [7, 11) is 0. The van der Waals surface area contributed by atoms with Crippen LogP contribution < -0.4 is 10.1 Å². The molecule has 0 saturated heterocycles. The fraction of sp³-hybridized carbons (Fsp3) is 0.444. The van der Waals surface area contributed by atoms with Gasteiger partial charge in [0, 0.05) is 12.0 Å². The van der Waals surface area contributed by atoms with Crippen molar-refractivity contribution in [2.75, 3.05) is 11.9 Å². The Labute approximate surface area is 135 Å². The third-order valence-electron chi connectivity index (χ3n) is 4.86. The lowest BCUT2D eigenvalue weighted by atomic mass is 10.1. The second-order valence-corrected chi connectivity index (χ2v) is 6.55. The number of para-hydroxylation sites is 1. The number of nitrogens with one attached hydrogen (secondary N) is 1. The van der Waals surface area contributed by atoms with E-state index in [0.717, 1.165) is 29.1 Å². The Hall–Kier alpha value is -2.30. The Morgan fingerprint density at radius 1 is 1.43 bits per heavy atom. The van der Waals surface area contributed by atoms with Gasteiger partial charge in [0.05, 0.1) is 24.4 Å². The first-order valence-electron chi connectivity index (χ1n) is 8.25. The fourth-order valence-corrected chi connectivity index (χ4v) is 3.26. The highest BCUT2D eigenvalue weighted by molar-refractivity contribution is 6.06. The molecule has 0 spiro atoms. The van der Waals surface area contributed by atoms with Crippen molar-refractivity contribution in [3.8, 4) is 5.75 Å². The van der Waals surface area contributed by atoms with Crippen LogP contribution >= 0.6 is 0 Å². The molecule has 1 saturated carbocycles. The molecule has 4 rings (SSSR count). The number of ether oxygens (including phenoxy) is 1. The normalized spacial score (nSPS) is 17.5. The molecule has 1 atom stereocenters. The molecule has 0 radical (unpaired) electrons. The van der Waals surface area contributed by atoms with Crippen molar-refractivity contribution in [3.05, 3.63) is 41.1 Å². The predicted octanol–water partition coefficient (Wildman–Crippen LogP) is 3.35. The lowest BCUT2D eigenvalue weighted by Gasteiger charge is -2.16. The lowest BCUT2D eigenvalue weighted by molar-refractivity contribution is 0.102. The average molecular weight is 311 g/mol. The first kappa shape index (κ1) is 14.3. The van der Waals surface area contributed by atoms with Crippen molar-refractivity contribution in [2.24, 2.45) is 5.92 Å². The minimum atomic E-state index is -0.128. The topological polar surface area (TPSA) is 56.2 Å². The zero-order valence-corrected chi connectivity index (χ0v) is 13.5. The van der Waals surface area contributed by atoms with Gasteiger partial charge in [-0.2, -0.15) is 5.10 Å². The van der Waals surface area contributed by atoms with Crippen LogP contribution in [-0.4, -0.2) is 22.3 Å². The van der Waals surface area contributed by atoms with E-state index in [1.165, 1.54) is 12.8 Å². The molecule has 5 heteroatoms. The molecule has 23 heavy (non-hydrogen) atoms. The quantitative estimate of drug-likeness (QED) is 0.942. The van der Waals surface area contributed by atoms with Crippen LogP contribution in [0.4, 0.5) is 5.82 Å². The van der Waals surface area contributed by atoms with Crippen LogP contribution in [0.15, 0.2) is 24.4 Å². The van der Waals surface area contributed by atoms with Gasteiger partial charge in [0.15, 0.2) is 0 Å². The number of amides is 1.